The van der Waals surface area contributed by atoms with E-state index in [9.17, 15) is 14.4 Å². The molecule has 0 aromatic heterocycles. The number of benzene rings is 1. The summed E-state index contributed by atoms with van der Waals surface area (Å²) in [6, 6.07) is 9.57. The lowest BCUT2D eigenvalue weighted by molar-refractivity contribution is -0.140. The van der Waals surface area contributed by atoms with Gasteiger partial charge in [-0.3, -0.25) is 4.79 Å². The van der Waals surface area contributed by atoms with Gasteiger partial charge in [-0.25, -0.2) is 9.59 Å². The molecule has 32 heavy (non-hydrogen) atoms. The van der Waals surface area contributed by atoms with Crippen LogP contribution < -0.4 is 0 Å². The van der Waals surface area contributed by atoms with Gasteiger partial charge in [-0.1, -0.05) is 37.3 Å². The highest BCUT2D eigenvalue weighted by Gasteiger charge is 2.37. The Hall–Kier alpha value is -2.77. The van der Waals surface area contributed by atoms with E-state index in [0.717, 1.165) is 5.56 Å². The van der Waals surface area contributed by atoms with Gasteiger partial charge >= 0.3 is 12.2 Å². The number of piperidine rings is 1. The number of carbonyl (C=O) groups is 3. The predicted molar refractivity (Wildman–Crippen MR) is 120 cm³/mol. The third-order valence-corrected chi connectivity index (χ3v) is 5.93. The average Bonchev–Trinajstić information content (AvgIpc) is 2.76. The van der Waals surface area contributed by atoms with Crippen LogP contribution in [0, 0.1) is 11.8 Å². The van der Waals surface area contributed by atoms with Crippen LogP contribution in [0.5, 0.6) is 0 Å². The largest absolute Gasteiger partial charge is 0.445 e. The summed E-state index contributed by atoms with van der Waals surface area (Å²) in [5.41, 5.74) is 0.413. The number of piperazine rings is 1. The van der Waals surface area contributed by atoms with Crippen LogP contribution in [0.15, 0.2) is 30.3 Å². The highest BCUT2D eigenvalue weighted by Crippen LogP contribution is 2.27. The van der Waals surface area contributed by atoms with Crippen LogP contribution >= 0.6 is 0 Å². The molecule has 0 radical (unpaired) electrons. The second-order valence-corrected chi connectivity index (χ2v) is 9.65. The van der Waals surface area contributed by atoms with Crippen LogP contribution in [0.2, 0.25) is 0 Å². The van der Waals surface area contributed by atoms with Crippen molar-refractivity contribution in [3.05, 3.63) is 35.9 Å². The fourth-order valence-corrected chi connectivity index (χ4v) is 4.16. The first-order valence-electron chi connectivity index (χ1n) is 11.4. The Kier molecular flexibility index (Phi) is 7.64. The first-order valence-corrected chi connectivity index (χ1v) is 11.4. The molecule has 2 aliphatic rings. The zero-order chi connectivity index (χ0) is 23.3. The van der Waals surface area contributed by atoms with E-state index >= 15 is 0 Å². The Balaban J connectivity index is 1.44. The minimum Gasteiger partial charge on any atom is -0.445 e. The number of amides is 3. The summed E-state index contributed by atoms with van der Waals surface area (Å²) in [6.07, 6.45) is -0.0451. The molecule has 8 heteroatoms. The van der Waals surface area contributed by atoms with Crippen LogP contribution in [0.1, 0.15) is 39.7 Å². The number of nitrogens with zero attached hydrogens (tertiary/aromatic N) is 3. The molecule has 0 saturated carbocycles. The lowest BCUT2D eigenvalue weighted by atomic mass is 9.85. The monoisotopic (exact) mass is 445 g/mol. The molecule has 3 rings (SSSR count). The molecule has 1 aromatic rings. The van der Waals surface area contributed by atoms with Crippen LogP contribution in [0.25, 0.3) is 0 Å². The zero-order valence-corrected chi connectivity index (χ0v) is 19.6. The minimum atomic E-state index is -0.533. The lowest BCUT2D eigenvalue weighted by Crippen LogP contribution is -2.54. The molecule has 2 aliphatic heterocycles. The summed E-state index contributed by atoms with van der Waals surface area (Å²) in [7, 11) is 0. The molecule has 8 nitrogen and oxygen atoms in total. The van der Waals surface area contributed by atoms with Crippen molar-refractivity contribution in [1.29, 1.82) is 0 Å². The Bertz CT molecular complexity index is 800. The van der Waals surface area contributed by atoms with Crippen LogP contribution in [-0.2, 0) is 20.9 Å². The van der Waals surface area contributed by atoms with Crippen molar-refractivity contribution in [3.8, 4) is 0 Å². The van der Waals surface area contributed by atoms with Crippen LogP contribution in [0.3, 0.4) is 0 Å². The molecule has 176 valence electrons. The minimum absolute atomic E-state index is 0.0534. The van der Waals surface area contributed by atoms with Gasteiger partial charge in [0.15, 0.2) is 0 Å². The highest BCUT2D eigenvalue weighted by atomic mass is 16.6. The zero-order valence-electron chi connectivity index (χ0n) is 19.6. The van der Waals surface area contributed by atoms with Gasteiger partial charge in [0.1, 0.15) is 12.2 Å². The summed E-state index contributed by atoms with van der Waals surface area (Å²) in [6.45, 7) is 10.7. The average molecular weight is 446 g/mol. The first kappa shape index (κ1) is 23.9. The number of ether oxygens (including phenoxy) is 2. The van der Waals surface area contributed by atoms with Crippen molar-refractivity contribution >= 4 is 18.1 Å². The molecule has 3 amide bonds. The van der Waals surface area contributed by atoms with Gasteiger partial charge in [0.25, 0.3) is 0 Å². The topological polar surface area (TPSA) is 79.4 Å². The Morgan fingerprint density at radius 2 is 1.53 bits per heavy atom. The molecular weight excluding hydrogens is 410 g/mol. The lowest BCUT2D eigenvalue weighted by Gasteiger charge is -2.40. The predicted octanol–water partition coefficient (Wildman–Crippen LogP) is 3.36. The molecule has 0 bridgehead atoms. The van der Waals surface area contributed by atoms with Crippen molar-refractivity contribution in [3.63, 3.8) is 0 Å². The second kappa shape index (κ2) is 10.2. The van der Waals surface area contributed by atoms with E-state index in [-0.39, 0.29) is 36.5 Å². The van der Waals surface area contributed by atoms with Gasteiger partial charge in [-0.2, -0.15) is 0 Å². The summed E-state index contributed by atoms with van der Waals surface area (Å²) in [5, 5.41) is 0. The van der Waals surface area contributed by atoms with Gasteiger partial charge in [0.2, 0.25) is 5.91 Å². The maximum Gasteiger partial charge on any atom is 0.410 e. The van der Waals surface area contributed by atoms with E-state index in [2.05, 4.69) is 0 Å². The molecular formula is C24H35N3O5. The number of likely N-dealkylation sites (tertiary alicyclic amines) is 1. The van der Waals surface area contributed by atoms with E-state index in [1.165, 1.54) is 0 Å². The summed E-state index contributed by atoms with van der Waals surface area (Å²) in [4.78, 5) is 43.0. The van der Waals surface area contributed by atoms with Crippen LogP contribution in [0.4, 0.5) is 9.59 Å². The van der Waals surface area contributed by atoms with Crippen molar-refractivity contribution in [2.75, 3.05) is 39.3 Å². The summed E-state index contributed by atoms with van der Waals surface area (Å²) < 4.78 is 10.9. The number of hydrogen-bond donors (Lipinski definition) is 0. The number of carbonyl (C=O) groups excluding carboxylic acids is 3. The molecule has 2 heterocycles. The highest BCUT2D eigenvalue weighted by molar-refractivity contribution is 5.80. The molecule has 2 atom stereocenters. The molecule has 1 aromatic carbocycles. The van der Waals surface area contributed by atoms with E-state index in [4.69, 9.17) is 9.47 Å². The molecule has 0 spiro atoms. The number of rotatable bonds is 3. The smallest absolute Gasteiger partial charge is 0.410 e. The molecule has 0 unspecified atom stereocenters. The Morgan fingerprint density at radius 1 is 0.906 bits per heavy atom. The van der Waals surface area contributed by atoms with Gasteiger partial charge < -0.3 is 24.2 Å². The SMILES string of the molecule is C[C@@H]1CN(C(=O)OC(C)(C)C)CC[C@@H]1C(=O)N1CCN(C(=O)OCc2ccccc2)CC1. The van der Waals surface area contributed by atoms with Crippen molar-refractivity contribution in [2.24, 2.45) is 11.8 Å². The van der Waals surface area contributed by atoms with Gasteiger partial charge in [0.05, 0.1) is 0 Å². The normalized spacial score (nSPS) is 21.8. The van der Waals surface area contributed by atoms with Gasteiger partial charge in [0, 0.05) is 45.2 Å². The second-order valence-electron chi connectivity index (χ2n) is 9.65. The van der Waals surface area contributed by atoms with Gasteiger partial charge in [-0.15, -0.1) is 0 Å². The standard InChI is InChI=1S/C24H35N3O5/c1-18-16-27(23(30)32-24(2,3)4)11-10-20(18)21(28)25-12-14-26(15-13-25)22(29)31-17-19-8-6-5-7-9-19/h5-9,18,20H,10-17H2,1-4H3/t18-,20+/m1/s1. The van der Waals surface area contributed by atoms with Crippen molar-refractivity contribution in [2.45, 2.75) is 46.3 Å². The van der Waals surface area contributed by atoms with Crippen LogP contribution in [-0.4, -0.2) is 77.7 Å². The van der Waals surface area contributed by atoms with E-state index in [1.54, 1.807) is 9.80 Å². The summed E-state index contributed by atoms with van der Waals surface area (Å²) in [5.74, 6) is 0.0431. The maximum atomic E-state index is 13.1. The van der Waals surface area contributed by atoms with E-state index in [0.29, 0.717) is 45.7 Å². The third-order valence-electron chi connectivity index (χ3n) is 5.93. The van der Waals surface area contributed by atoms with Crippen molar-refractivity contribution < 1.29 is 23.9 Å². The summed E-state index contributed by atoms with van der Waals surface area (Å²) >= 11 is 0. The van der Waals surface area contributed by atoms with E-state index < -0.39 is 5.60 Å². The Labute approximate surface area is 190 Å². The molecule has 2 saturated heterocycles. The maximum absolute atomic E-state index is 13.1. The first-order chi connectivity index (χ1) is 15.1. The quantitative estimate of drug-likeness (QED) is 0.713. The van der Waals surface area contributed by atoms with Gasteiger partial charge in [-0.05, 0) is 38.7 Å². The number of hydrogen-bond acceptors (Lipinski definition) is 5. The van der Waals surface area contributed by atoms with E-state index in [1.807, 2.05) is 62.9 Å². The molecule has 0 aliphatic carbocycles. The Morgan fingerprint density at radius 3 is 2.12 bits per heavy atom. The fourth-order valence-electron chi connectivity index (χ4n) is 4.16. The fraction of sp³-hybridized carbons (Fsp3) is 0.625. The van der Waals surface area contributed by atoms with Crippen molar-refractivity contribution in [1.82, 2.24) is 14.7 Å². The third kappa shape index (κ3) is 6.37. The molecule has 2 fully saturated rings. The molecule has 0 N–H and O–H groups in total.